The van der Waals surface area contributed by atoms with Crippen LogP contribution < -0.4 is 0 Å². The highest BCUT2D eigenvalue weighted by molar-refractivity contribution is 6.13. The highest BCUT2D eigenvalue weighted by Gasteiger charge is 2.22. The van der Waals surface area contributed by atoms with Gasteiger partial charge in [0.05, 0.1) is 49.7 Å². The van der Waals surface area contributed by atoms with E-state index in [-0.39, 0.29) is 0 Å². The fourth-order valence-corrected chi connectivity index (χ4v) is 10.3. The number of para-hydroxylation sites is 8. The van der Waals surface area contributed by atoms with Gasteiger partial charge in [-0.1, -0.05) is 121 Å². The number of aromatic nitrogens is 6. The number of imidazole rings is 1. The van der Waals surface area contributed by atoms with Gasteiger partial charge in [-0.15, -0.1) is 0 Å². The summed E-state index contributed by atoms with van der Waals surface area (Å²) in [6.45, 7) is 0. The third kappa shape index (κ3) is 4.58. The van der Waals surface area contributed by atoms with Crippen LogP contribution in [-0.4, -0.2) is 28.1 Å². The van der Waals surface area contributed by atoms with Gasteiger partial charge in [-0.25, -0.2) is 9.97 Å². The minimum absolute atomic E-state index is 0.813. The van der Waals surface area contributed by atoms with Crippen molar-refractivity contribution in [2.75, 3.05) is 0 Å². The minimum atomic E-state index is 0.813. The predicted molar refractivity (Wildman–Crippen MR) is 256 cm³/mol. The molecule has 0 atom stereocenters. The van der Waals surface area contributed by atoms with Crippen LogP contribution in [-0.2, 0) is 0 Å². The molecule has 0 amide bonds. The lowest BCUT2D eigenvalue weighted by Crippen LogP contribution is -2.06. The first kappa shape index (κ1) is 33.4. The topological polar surface area (TPSA) is 45.0 Å². The molecule has 6 heteroatoms. The van der Waals surface area contributed by atoms with Crippen molar-refractivity contribution in [2.45, 2.75) is 0 Å². The van der Waals surface area contributed by atoms with Crippen molar-refractivity contribution in [3.8, 4) is 28.5 Å². The first-order chi connectivity index (χ1) is 30.8. The number of hydrogen-bond donors (Lipinski definition) is 0. The van der Waals surface area contributed by atoms with E-state index in [0.717, 1.165) is 77.8 Å². The lowest BCUT2D eigenvalue weighted by molar-refractivity contribution is 0.979. The number of benzene rings is 9. The van der Waals surface area contributed by atoms with Gasteiger partial charge >= 0.3 is 0 Å². The summed E-state index contributed by atoms with van der Waals surface area (Å²) in [5.74, 6) is 0.813. The summed E-state index contributed by atoms with van der Waals surface area (Å²) in [5, 5.41) is 8.31. The summed E-state index contributed by atoms with van der Waals surface area (Å²) in [4.78, 5) is 10.6. The monoisotopic (exact) mass is 790 g/mol. The molecular formula is C56H34N6. The molecule has 0 fully saturated rings. The van der Waals surface area contributed by atoms with Crippen molar-refractivity contribution in [3.63, 3.8) is 0 Å². The van der Waals surface area contributed by atoms with E-state index in [1.807, 2.05) is 0 Å². The molecule has 14 aromatic rings. The van der Waals surface area contributed by atoms with Gasteiger partial charge in [0.1, 0.15) is 5.65 Å². The Morgan fingerprint density at radius 2 is 0.694 bits per heavy atom. The van der Waals surface area contributed by atoms with Crippen molar-refractivity contribution in [1.82, 2.24) is 28.1 Å². The minimum Gasteiger partial charge on any atom is -0.309 e. The maximum absolute atomic E-state index is 5.41. The second kappa shape index (κ2) is 12.5. The molecule has 14 rings (SSSR count). The fraction of sp³-hybridized carbons (Fsp3) is 0. The number of rotatable bonds is 4. The highest BCUT2D eigenvalue weighted by Crippen LogP contribution is 2.40. The van der Waals surface area contributed by atoms with Gasteiger partial charge in [-0.3, -0.25) is 8.97 Å². The fourth-order valence-electron chi connectivity index (χ4n) is 10.3. The average Bonchev–Trinajstić information content (AvgIpc) is 4.08. The lowest BCUT2D eigenvalue weighted by Gasteiger charge is -2.16. The molecule has 62 heavy (non-hydrogen) atoms. The van der Waals surface area contributed by atoms with Crippen LogP contribution in [0.2, 0.25) is 0 Å². The van der Waals surface area contributed by atoms with Crippen molar-refractivity contribution < 1.29 is 0 Å². The van der Waals surface area contributed by atoms with Crippen LogP contribution in [0.25, 0.3) is 121 Å². The second-order valence-corrected chi connectivity index (χ2v) is 16.3. The van der Waals surface area contributed by atoms with Gasteiger partial charge in [0.2, 0.25) is 5.95 Å². The quantitative estimate of drug-likeness (QED) is 0.178. The van der Waals surface area contributed by atoms with Crippen LogP contribution in [0.3, 0.4) is 0 Å². The van der Waals surface area contributed by atoms with E-state index in [1.54, 1.807) is 0 Å². The van der Waals surface area contributed by atoms with Crippen molar-refractivity contribution in [3.05, 3.63) is 206 Å². The maximum atomic E-state index is 5.41. The van der Waals surface area contributed by atoms with E-state index >= 15 is 0 Å². The Bertz CT molecular complexity index is 3940. The Labute approximate surface area is 354 Å². The van der Waals surface area contributed by atoms with E-state index in [0.29, 0.717) is 0 Å². The summed E-state index contributed by atoms with van der Waals surface area (Å²) in [6.07, 6.45) is 0. The summed E-state index contributed by atoms with van der Waals surface area (Å²) in [7, 11) is 0. The van der Waals surface area contributed by atoms with E-state index < -0.39 is 0 Å². The molecule has 0 spiro atoms. The molecule has 0 aliphatic carbocycles. The van der Waals surface area contributed by atoms with Gasteiger partial charge in [0.25, 0.3) is 0 Å². The Morgan fingerprint density at radius 1 is 0.274 bits per heavy atom. The van der Waals surface area contributed by atoms with Crippen LogP contribution >= 0.6 is 0 Å². The molecule has 288 valence electrons. The zero-order chi connectivity index (χ0) is 40.5. The molecule has 6 nitrogen and oxygen atoms in total. The molecule has 5 aromatic heterocycles. The van der Waals surface area contributed by atoms with E-state index in [4.69, 9.17) is 9.97 Å². The summed E-state index contributed by atoms with van der Waals surface area (Å²) in [5.41, 5.74) is 15.1. The molecule has 0 bridgehead atoms. The van der Waals surface area contributed by atoms with Gasteiger partial charge < -0.3 is 9.13 Å². The maximum Gasteiger partial charge on any atom is 0.221 e. The molecular weight excluding hydrogens is 757 g/mol. The molecule has 0 aliphatic rings. The summed E-state index contributed by atoms with van der Waals surface area (Å²) < 4.78 is 9.41. The van der Waals surface area contributed by atoms with Gasteiger partial charge in [-0.05, 0) is 96.1 Å². The first-order valence-electron chi connectivity index (χ1n) is 21.1. The summed E-state index contributed by atoms with van der Waals surface area (Å²) in [6, 6.07) is 74.4. The molecule has 0 aliphatic heterocycles. The van der Waals surface area contributed by atoms with E-state index in [1.165, 1.54) is 43.6 Å². The first-order valence-corrected chi connectivity index (χ1v) is 21.1. The highest BCUT2D eigenvalue weighted by atomic mass is 15.2. The Balaban J connectivity index is 1.06. The van der Waals surface area contributed by atoms with Gasteiger partial charge in [0, 0.05) is 49.1 Å². The SMILES string of the molecule is c1ccc2c(c1)nc(-n1c3ccccc3c3cc(-c4cc(-n5c6ccccc6c6ccccc65)cc(-n5c6ccccc6c6ccccc65)c4)ccc31)n1c3ccccc3nc21. The number of nitrogens with zero attached hydrogens (tertiary/aromatic N) is 6. The number of fused-ring (bicyclic) bond motifs is 14. The van der Waals surface area contributed by atoms with Crippen molar-refractivity contribution in [2.24, 2.45) is 0 Å². The third-order valence-corrected chi connectivity index (χ3v) is 12.9. The summed E-state index contributed by atoms with van der Waals surface area (Å²) >= 11 is 0. The third-order valence-electron chi connectivity index (χ3n) is 12.9. The molecule has 0 unspecified atom stereocenters. The molecule has 0 N–H and O–H groups in total. The molecule has 9 aromatic carbocycles. The molecule has 5 heterocycles. The Morgan fingerprint density at radius 3 is 1.24 bits per heavy atom. The standard InChI is InChI=1S/C56H34N6/c1-7-21-46-44(20-1)55-57-47-22-8-14-28-54(47)62(55)56(58-46)61-52-27-13-6-19-43(52)45-33-35(29-30-53(45)61)36-31-37(59-48-23-9-2-15-39(48)40-16-3-10-24-49(40)59)34-38(32-36)60-50-25-11-4-17-41(50)42-18-5-12-26-51(42)60/h1-34H. The van der Waals surface area contributed by atoms with Crippen molar-refractivity contribution >= 4 is 93.0 Å². The van der Waals surface area contributed by atoms with Gasteiger partial charge in [0.15, 0.2) is 0 Å². The average molecular weight is 791 g/mol. The Kier molecular flexibility index (Phi) is 6.74. The molecule has 0 radical (unpaired) electrons. The second-order valence-electron chi connectivity index (χ2n) is 16.3. The van der Waals surface area contributed by atoms with Crippen LogP contribution in [0.4, 0.5) is 0 Å². The Hall–Kier alpha value is -8.48. The van der Waals surface area contributed by atoms with E-state index in [2.05, 4.69) is 224 Å². The zero-order valence-electron chi connectivity index (χ0n) is 33.3. The molecule has 0 saturated heterocycles. The zero-order valence-corrected chi connectivity index (χ0v) is 33.3. The normalized spacial score (nSPS) is 12.2. The molecule has 0 saturated carbocycles. The van der Waals surface area contributed by atoms with Gasteiger partial charge in [-0.2, -0.15) is 0 Å². The predicted octanol–water partition coefficient (Wildman–Crippen LogP) is 14.0. The van der Waals surface area contributed by atoms with Crippen LogP contribution in [0.5, 0.6) is 0 Å². The number of hydrogen-bond acceptors (Lipinski definition) is 2. The lowest BCUT2D eigenvalue weighted by atomic mass is 10.0. The van der Waals surface area contributed by atoms with E-state index in [9.17, 15) is 0 Å². The van der Waals surface area contributed by atoms with Crippen LogP contribution in [0.1, 0.15) is 0 Å². The smallest absolute Gasteiger partial charge is 0.221 e. The van der Waals surface area contributed by atoms with Crippen molar-refractivity contribution in [1.29, 1.82) is 0 Å². The van der Waals surface area contributed by atoms with Crippen LogP contribution in [0.15, 0.2) is 206 Å². The largest absolute Gasteiger partial charge is 0.309 e. The van der Waals surface area contributed by atoms with Crippen LogP contribution in [0, 0.1) is 0 Å².